The molecule has 0 unspecified atom stereocenters. The molecule has 26 heavy (non-hydrogen) atoms. The van der Waals surface area contributed by atoms with Gasteiger partial charge < -0.3 is 4.57 Å². The molecule has 0 saturated carbocycles. The summed E-state index contributed by atoms with van der Waals surface area (Å²) < 4.78 is 16.4. The van der Waals surface area contributed by atoms with Crippen LogP contribution in [-0.4, -0.2) is 9.55 Å². The Morgan fingerprint density at radius 3 is 1.92 bits per heavy atom. The Balaban J connectivity index is 2.13. The van der Waals surface area contributed by atoms with Crippen LogP contribution in [0.3, 0.4) is 0 Å². The number of halogens is 2. The van der Waals surface area contributed by atoms with Gasteiger partial charge in [-0.1, -0.05) is 78.3 Å². The van der Waals surface area contributed by atoms with E-state index in [1.165, 1.54) is 6.07 Å². The van der Waals surface area contributed by atoms with Gasteiger partial charge in [-0.2, -0.15) is 0 Å². The van der Waals surface area contributed by atoms with E-state index in [-0.39, 0.29) is 5.02 Å². The monoisotopic (exact) mass is 362 g/mol. The third-order valence-corrected chi connectivity index (χ3v) is 4.92. The van der Waals surface area contributed by atoms with E-state index in [1.807, 2.05) is 77.5 Å². The average molecular weight is 363 g/mol. The first-order valence-electron chi connectivity index (χ1n) is 8.28. The quantitative estimate of drug-likeness (QED) is 0.437. The first-order valence-corrected chi connectivity index (χ1v) is 8.66. The molecule has 1 heterocycles. The Hall–Kier alpha value is -2.91. The van der Waals surface area contributed by atoms with Crippen LogP contribution in [0.15, 0.2) is 97.6 Å². The first kappa shape index (κ1) is 16.6. The minimum absolute atomic E-state index is 0.106. The van der Waals surface area contributed by atoms with Gasteiger partial charge in [-0.3, -0.25) is 0 Å². The number of rotatable bonds is 4. The van der Waals surface area contributed by atoms with Gasteiger partial charge in [-0.25, -0.2) is 9.37 Å². The molecule has 4 heteroatoms. The van der Waals surface area contributed by atoms with E-state index in [4.69, 9.17) is 11.6 Å². The summed E-state index contributed by atoms with van der Waals surface area (Å²) >= 11 is 5.95. The highest BCUT2D eigenvalue weighted by atomic mass is 35.5. The summed E-state index contributed by atoms with van der Waals surface area (Å²) in [5.41, 5.74) is 2.02. The molecule has 0 atom stereocenters. The third-order valence-electron chi connectivity index (χ3n) is 4.61. The van der Waals surface area contributed by atoms with Crippen molar-refractivity contribution in [3.05, 3.63) is 125 Å². The molecule has 0 bridgehead atoms. The van der Waals surface area contributed by atoms with Crippen LogP contribution in [0, 0.1) is 5.82 Å². The number of nitrogens with zero attached hydrogens (tertiary/aromatic N) is 2. The van der Waals surface area contributed by atoms with Crippen molar-refractivity contribution in [3.8, 4) is 0 Å². The SMILES string of the molecule is Fc1cc(C(c2ccccc2)(c2ccccc2)n2ccnc2)ccc1Cl. The van der Waals surface area contributed by atoms with Gasteiger partial charge in [0.05, 0.1) is 11.3 Å². The van der Waals surface area contributed by atoms with Crippen molar-refractivity contribution < 1.29 is 4.39 Å². The van der Waals surface area contributed by atoms with Crippen molar-refractivity contribution >= 4 is 11.6 Å². The standard InChI is InChI=1S/C22H16ClFN2/c23-20-12-11-19(15-21(20)24)22(26-14-13-25-16-26,17-7-3-1-4-8-17)18-9-5-2-6-10-18/h1-16H. The number of hydrogen-bond acceptors (Lipinski definition) is 1. The second kappa shape index (κ2) is 6.77. The minimum atomic E-state index is -0.759. The van der Waals surface area contributed by atoms with Crippen LogP contribution in [0.5, 0.6) is 0 Å². The molecule has 4 aromatic rings. The fourth-order valence-corrected chi connectivity index (χ4v) is 3.60. The molecule has 0 radical (unpaired) electrons. The van der Waals surface area contributed by atoms with E-state index in [0.29, 0.717) is 0 Å². The lowest BCUT2D eigenvalue weighted by Crippen LogP contribution is -2.37. The summed E-state index contributed by atoms with van der Waals surface area (Å²) in [7, 11) is 0. The Labute approximate surface area is 156 Å². The van der Waals surface area contributed by atoms with Gasteiger partial charge in [-0.05, 0) is 28.8 Å². The Morgan fingerprint density at radius 2 is 1.42 bits per heavy atom. The number of aromatic nitrogens is 2. The normalized spacial score (nSPS) is 11.5. The molecular formula is C22H16ClFN2. The maximum absolute atomic E-state index is 14.4. The van der Waals surface area contributed by atoms with Crippen molar-refractivity contribution in [2.45, 2.75) is 5.54 Å². The molecule has 0 fully saturated rings. The lowest BCUT2D eigenvalue weighted by atomic mass is 9.76. The summed E-state index contributed by atoms with van der Waals surface area (Å²) in [5, 5.41) is 0.106. The van der Waals surface area contributed by atoms with Gasteiger partial charge in [0.15, 0.2) is 0 Å². The maximum atomic E-state index is 14.4. The van der Waals surface area contributed by atoms with Crippen molar-refractivity contribution in [1.29, 1.82) is 0 Å². The van der Waals surface area contributed by atoms with E-state index in [2.05, 4.69) is 4.98 Å². The number of imidazole rings is 1. The van der Waals surface area contributed by atoms with Gasteiger partial charge in [0.2, 0.25) is 0 Å². The minimum Gasteiger partial charge on any atom is -0.319 e. The Bertz CT molecular complexity index is 960. The van der Waals surface area contributed by atoms with Gasteiger partial charge in [-0.15, -0.1) is 0 Å². The largest absolute Gasteiger partial charge is 0.319 e. The summed E-state index contributed by atoms with van der Waals surface area (Å²) in [6, 6.07) is 25.0. The van der Waals surface area contributed by atoms with Gasteiger partial charge in [0.25, 0.3) is 0 Å². The molecule has 0 N–H and O–H groups in total. The van der Waals surface area contributed by atoms with Crippen LogP contribution in [0.25, 0.3) is 0 Å². The molecule has 0 amide bonds. The first-order chi connectivity index (χ1) is 12.7. The van der Waals surface area contributed by atoms with E-state index >= 15 is 0 Å². The average Bonchev–Trinajstić information content (AvgIpc) is 3.22. The lowest BCUT2D eigenvalue weighted by Gasteiger charge is -2.37. The molecule has 0 saturated heterocycles. The second-order valence-electron chi connectivity index (χ2n) is 6.04. The van der Waals surface area contributed by atoms with Crippen molar-refractivity contribution in [3.63, 3.8) is 0 Å². The van der Waals surface area contributed by atoms with E-state index in [1.54, 1.807) is 18.6 Å². The fraction of sp³-hybridized carbons (Fsp3) is 0.0455. The molecule has 0 aliphatic carbocycles. The maximum Gasteiger partial charge on any atom is 0.142 e. The van der Waals surface area contributed by atoms with Crippen LogP contribution in [0.4, 0.5) is 4.39 Å². The predicted octanol–water partition coefficient (Wildman–Crippen LogP) is 5.52. The highest BCUT2D eigenvalue weighted by Gasteiger charge is 2.38. The van der Waals surface area contributed by atoms with E-state index < -0.39 is 11.4 Å². The van der Waals surface area contributed by atoms with Gasteiger partial charge >= 0.3 is 0 Å². The third kappa shape index (κ3) is 2.61. The molecular weight excluding hydrogens is 347 g/mol. The zero-order chi connectivity index (χ0) is 18.0. The molecule has 4 rings (SSSR count). The molecule has 0 spiro atoms. The second-order valence-corrected chi connectivity index (χ2v) is 6.45. The zero-order valence-electron chi connectivity index (χ0n) is 13.9. The molecule has 3 aromatic carbocycles. The van der Waals surface area contributed by atoms with Crippen molar-refractivity contribution in [1.82, 2.24) is 9.55 Å². The van der Waals surface area contributed by atoms with Crippen LogP contribution >= 0.6 is 11.6 Å². The number of benzene rings is 3. The van der Waals surface area contributed by atoms with Crippen LogP contribution in [0.1, 0.15) is 16.7 Å². The summed E-state index contributed by atoms with van der Waals surface area (Å²) in [6.07, 6.45) is 5.38. The molecule has 1 aromatic heterocycles. The van der Waals surface area contributed by atoms with Gasteiger partial charge in [0, 0.05) is 12.4 Å². The number of hydrogen-bond donors (Lipinski definition) is 0. The topological polar surface area (TPSA) is 17.8 Å². The molecule has 0 aliphatic heterocycles. The molecule has 2 nitrogen and oxygen atoms in total. The fourth-order valence-electron chi connectivity index (χ4n) is 3.48. The highest BCUT2D eigenvalue weighted by Crippen LogP contribution is 2.41. The zero-order valence-corrected chi connectivity index (χ0v) is 14.6. The van der Waals surface area contributed by atoms with Crippen LogP contribution in [-0.2, 0) is 5.54 Å². The molecule has 0 aliphatic rings. The molecule has 128 valence electrons. The van der Waals surface area contributed by atoms with Crippen molar-refractivity contribution in [2.75, 3.05) is 0 Å². The highest BCUT2D eigenvalue weighted by molar-refractivity contribution is 6.30. The lowest BCUT2D eigenvalue weighted by molar-refractivity contribution is 0.509. The van der Waals surface area contributed by atoms with Gasteiger partial charge in [0.1, 0.15) is 11.4 Å². The van der Waals surface area contributed by atoms with Crippen LogP contribution < -0.4 is 0 Å². The Kier molecular flexibility index (Phi) is 4.31. The Morgan fingerprint density at radius 1 is 0.808 bits per heavy atom. The van der Waals surface area contributed by atoms with E-state index in [0.717, 1.165) is 16.7 Å². The summed E-state index contributed by atoms with van der Waals surface area (Å²) in [5.74, 6) is -0.444. The smallest absolute Gasteiger partial charge is 0.142 e. The summed E-state index contributed by atoms with van der Waals surface area (Å²) in [4.78, 5) is 4.25. The predicted molar refractivity (Wildman–Crippen MR) is 102 cm³/mol. The summed E-state index contributed by atoms with van der Waals surface area (Å²) in [6.45, 7) is 0. The van der Waals surface area contributed by atoms with Crippen LogP contribution in [0.2, 0.25) is 5.02 Å². The van der Waals surface area contributed by atoms with E-state index in [9.17, 15) is 4.39 Å². The van der Waals surface area contributed by atoms with Crippen molar-refractivity contribution in [2.24, 2.45) is 0 Å².